The van der Waals surface area contributed by atoms with Gasteiger partial charge in [-0.3, -0.25) is 4.79 Å². The van der Waals surface area contributed by atoms with Gasteiger partial charge in [0.1, 0.15) is 13.2 Å². The van der Waals surface area contributed by atoms with E-state index in [1.807, 2.05) is 0 Å². The molecule has 0 aliphatic carbocycles. The normalized spacial score (nSPS) is 11.0. The van der Waals surface area contributed by atoms with Gasteiger partial charge < -0.3 is 37.9 Å². The molecule has 196 valence electrons. The van der Waals surface area contributed by atoms with Crippen molar-refractivity contribution in [2.24, 2.45) is 0 Å². The van der Waals surface area contributed by atoms with Gasteiger partial charge in [-0.1, -0.05) is 32.6 Å². The van der Waals surface area contributed by atoms with Crippen molar-refractivity contribution in [3.8, 4) is 0 Å². The third kappa shape index (κ3) is 26.8. The Morgan fingerprint density at radius 2 is 0.939 bits per heavy atom. The molecule has 0 saturated heterocycles. The smallest absolute Gasteiger partial charge is 0.331 e. The summed E-state index contributed by atoms with van der Waals surface area (Å²) in [5, 5.41) is 0. The van der Waals surface area contributed by atoms with E-state index in [1.54, 1.807) is 0 Å². The highest BCUT2D eigenvalue weighted by molar-refractivity contribution is 5.70. The molecule has 0 aliphatic heterocycles. The molecule has 0 fully saturated rings. The Labute approximate surface area is 198 Å². The molecular formula is C23H44O10. The van der Waals surface area contributed by atoms with Crippen molar-refractivity contribution in [3.05, 3.63) is 0 Å². The molecule has 0 unspecified atom stereocenters. The van der Waals surface area contributed by atoms with Crippen LogP contribution >= 0.6 is 0 Å². The molecule has 0 heterocycles. The maximum Gasteiger partial charge on any atom is 0.331 e. The summed E-state index contributed by atoms with van der Waals surface area (Å²) >= 11 is 0. The minimum atomic E-state index is -0.407. The summed E-state index contributed by atoms with van der Waals surface area (Å²) in [7, 11) is 1.31. The first-order valence-corrected chi connectivity index (χ1v) is 11.9. The summed E-state index contributed by atoms with van der Waals surface area (Å²) in [6.07, 6.45) is 6.07. The van der Waals surface area contributed by atoms with Crippen molar-refractivity contribution in [1.29, 1.82) is 0 Å². The zero-order valence-corrected chi connectivity index (χ0v) is 20.5. The molecule has 10 heteroatoms. The molecule has 0 spiro atoms. The highest BCUT2D eigenvalue weighted by Gasteiger charge is 2.02. The minimum absolute atomic E-state index is 0.0685. The molecule has 33 heavy (non-hydrogen) atoms. The van der Waals surface area contributed by atoms with Crippen LogP contribution in [0.2, 0.25) is 0 Å². The number of methoxy groups -OCH3 is 1. The summed E-state index contributed by atoms with van der Waals surface area (Å²) in [4.78, 5) is 22.3. The number of esters is 2. The number of ether oxygens (including phenoxy) is 8. The molecule has 0 rings (SSSR count). The van der Waals surface area contributed by atoms with Gasteiger partial charge in [-0.05, 0) is 6.42 Å². The predicted octanol–water partition coefficient (Wildman–Crippen LogP) is 2.16. The first kappa shape index (κ1) is 31.7. The summed E-state index contributed by atoms with van der Waals surface area (Å²) in [5.41, 5.74) is 0. The van der Waals surface area contributed by atoms with Gasteiger partial charge in [0.25, 0.3) is 0 Å². The highest BCUT2D eigenvalue weighted by Crippen LogP contribution is 2.05. The average Bonchev–Trinajstić information content (AvgIpc) is 2.82. The van der Waals surface area contributed by atoms with Crippen LogP contribution in [0, 0.1) is 0 Å². The molecule has 0 amide bonds. The lowest BCUT2D eigenvalue weighted by molar-refractivity contribution is -0.146. The molecule has 0 N–H and O–H groups in total. The van der Waals surface area contributed by atoms with Crippen LogP contribution in [0.4, 0.5) is 0 Å². The van der Waals surface area contributed by atoms with Crippen LogP contribution in [0.25, 0.3) is 0 Å². The molecule has 0 radical (unpaired) electrons. The molecular weight excluding hydrogens is 436 g/mol. The SMILES string of the molecule is CCCCCCCC(=O)OCCOCCOCCOCCOCCOCCOCC(=O)OC. The second kappa shape index (κ2) is 26.9. The van der Waals surface area contributed by atoms with Crippen molar-refractivity contribution in [2.75, 3.05) is 93.0 Å². The second-order valence-electron chi connectivity index (χ2n) is 7.08. The maximum atomic E-state index is 11.5. The van der Waals surface area contributed by atoms with E-state index in [2.05, 4.69) is 11.7 Å². The number of unbranched alkanes of at least 4 members (excludes halogenated alkanes) is 4. The van der Waals surface area contributed by atoms with Crippen LogP contribution in [-0.2, 0) is 47.5 Å². The van der Waals surface area contributed by atoms with Crippen LogP contribution in [-0.4, -0.2) is 105 Å². The van der Waals surface area contributed by atoms with E-state index in [0.29, 0.717) is 79.1 Å². The number of hydrogen-bond donors (Lipinski definition) is 0. The summed E-state index contributed by atoms with van der Waals surface area (Å²) in [6.45, 7) is 7.21. The number of hydrogen-bond acceptors (Lipinski definition) is 10. The van der Waals surface area contributed by atoms with Crippen molar-refractivity contribution < 1.29 is 47.5 Å². The van der Waals surface area contributed by atoms with Crippen LogP contribution < -0.4 is 0 Å². The van der Waals surface area contributed by atoms with Crippen LogP contribution in [0.15, 0.2) is 0 Å². The van der Waals surface area contributed by atoms with Gasteiger partial charge >= 0.3 is 11.9 Å². The van der Waals surface area contributed by atoms with E-state index >= 15 is 0 Å². The van der Waals surface area contributed by atoms with E-state index < -0.39 is 5.97 Å². The Morgan fingerprint density at radius 1 is 0.515 bits per heavy atom. The third-order valence-electron chi connectivity index (χ3n) is 4.28. The Balaban J connectivity index is 3.11. The first-order chi connectivity index (χ1) is 16.2. The Bertz CT molecular complexity index is 433. The van der Waals surface area contributed by atoms with Gasteiger partial charge in [-0.2, -0.15) is 0 Å². The summed E-state index contributed by atoms with van der Waals surface area (Å²) < 4.78 is 41.4. The number of rotatable bonds is 26. The van der Waals surface area contributed by atoms with Gasteiger partial charge in [0.05, 0.1) is 79.8 Å². The zero-order chi connectivity index (χ0) is 24.2. The fourth-order valence-corrected chi connectivity index (χ4v) is 2.47. The molecule has 0 aromatic carbocycles. The van der Waals surface area contributed by atoms with Crippen molar-refractivity contribution in [1.82, 2.24) is 0 Å². The summed E-state index contributed by atoms with van der Waals surface area (Å²) in [5.74, 6) is -0.558. The molecule has 0 aliphatic rings. The van der Waals surface area contributed by atoms with Gasteiger partial charge in [0.15, 0.2) is 0 Å². The topological polar surface area (TPSA) is 108 Å². The Hall–Kier alpha value is -1.30. The first-order valence-electron chi connectivity index (χ1n) is 11.9. The molecule has 0 saturated carbocycles. The van der Waals surface area contributed by atoms with Gasteiger partial charge in [0.2, 0.25) is 0 Å². The lowest BCUT2D eigenvalue weighted by atomic mass is 10.1. The third-order valence-corrected chi connectivity index (χ3v) is 4.28. The fourth-order valence-electron chi connectivity index (χ4n) is 2.47. The quantitative estimate of drug-likeness (QED) is 0.135. The van der Waals surface area contributed by atoms with E-state index in [1.165, 1.54) is 26.4 Å². The summed E-state index contributed by atoms with van der Waals surface area (Å²) in [6, 6.07) is 0. The Morgan fingerprint density at radius 3 is 1.39 bits per heavy atom. The van der Waals surface area contributed by atoms with Gasteiger partial charge in [-0.15, -0.1) is 0 Å². The standard InChI is InChI=1S/C23H44O10/c1-3-4-5-6-7-8-22(24)33-20-19-31-16-15-29-12-11-27-9-10-28-13-14-30-17-18-32-21-23(25)26-2/h3-21H2,1-2H3. The molecule has 0 bridgehead atoms. The largest absolute Gasteiger partial charge is 0.467 e. The van der Waals surface area contributed by atoms with E-state index in [0.717, 1.165) is 12.8 Å². The fraction of sp³-hybridized carbons (Fsp3) is 0.913. The average molecular weight is 481 g/mol. The molecule has 10 nitrogen and oxygen atoms in total. The molecule has 0 atom stereocenters. The molecule has 0 aromatic heterocycles. The van der Waals surface area contributed by atoms with Gasteiger partial charge in [-0.25, -0.2) is 4.79 Å². The van der Waals surface area contributed by atoms with Crippen LogP contribution in [0.5, 0.6) is 0 Å². The van der Waals surface area contributed by atoms with Crippen molar-refractivity contribution in [3.63, 3.8) is 0 Å². The van der Waals surface area contributed by atoms with Crippen LogP contribution in [0.3, 0.4) is 0 Å². The van der Waals surface area contributed by atoms with E-state index in [4.69, 9.17) is 33.2 Å². The monoisotopic (exact) mass is 480 g/mol. The highest BCUT2D eigenvalue weighted by atomic mass is 16.6. The van der Waals surface area contributed by atoms with E-state index in [9.17, 15) is 9.59 Å². The van der Waals surface area contributed by atoms with Crippen LogP contribution in [0.1, 0.15) is 45.4 Å². The Kier molecular flexibility index (Phi) is 25.9. The van der Waals surface area contributed by atoms with Crippen molar-refractivity contribution >= 4 is 11.9 Å². The lowest BCUT2D eigenvalue weighted by Gasteiger charge is -2.08. The predicted molar refractivity (Wildman–Crippen MR) is 121 cm³/mol. The van der Waals surface area contributed by atoms with Gasteiger partial charge in [0, 0.05) is 6.42 Å². The van der Waals surface area contributed by atoms with Crippen molar-refractivity contribution in [2.45, 2.75) is 45.4 Å². The number of carbonyl (C=O) groups is 2. The lowest BCUT2D eigenvalue weighted by Crippen LogP contribution is -2.16. The zero-order valence-electron chi connectivity index (χ0n) is 20.5. The van der Waals surface area contributed by atoms with E-state index in [-0.39, 0.29) is 19.2 Å². The maximum absolute atomic E-state index is 11.5. The molecule has 0 aromatic rings. The second-order valence-corrected chi connectivity index (χ2v) is 7.08. The number of carbonyl (C=O) groups excluding carboxylic acids is 2. The minimum Gasteiger partial charge on any atom is -0.467 e.